The summed E-state index contributed by atoms with van der Waals surface area (Å²) < 4.78 is 17.7. The number of piperazine rings is 1. The van der Waals surface area contributed by atoms with Crippen LogP contribution in [-0.2, 0) is 6.61 Å². The third-order valence-electron chi connectivity index (χ3n) is 5.70. The average molecular weight is 475 g/mol. The minimum Gasteiger partial charge on any atom is -0.486 e. The highest BCUT2D eigenvalue weighted by atomic mass is 35.5. The summed E-state index contributed by atoms with van der Waals surface area (Å²) in [4.78, 5) is 8.68. The van der Waals surface area contributed by atoms with E-state index in [4.69, 9.17) is 25.2 Å². The molecule has 0 amide bonds. The molecule has 2 aromatic heterocycles. The zero-order chi connectivity index (χ0) is 23.5. The average Bonchev–Trinajstić information content (AvgIpc) is 3.50. The Morgan fingerprint density at radius 1 is 1.00 bits per heavy atom. The van der Waals surface area contributed by atoms with Crippen molar-refractivity contribution in [1.82, 2.24) is 4.98 Å². The number of nitrogens with zero attached hydrogens (tertiary/aromatic N) is 4. The van der Waals surface area contributed by atoms with Crippen molar-refractivity contribution in [3.63, 3.8) is 0 Å². The van der Waals surface area contributed by atoms with E-state index in [1.54, 1.807) is 6.07 Å². The molecule has 1 fully saturated rings. The Morgan fingerprint density at radius 2 is 1.79 bits per heavy atom. The highest BCUT2D eigenvalue weighted by Crippen LogP contribution is 2.31. The fourth-order valence-electron chi connectivity index (χ4n) is 3.98. The lowest BCUT2D eigenvalue weighted by Crippen LogP contribution is -2.46. The van der Waals surface area contributed by atoms with Crippen LogP contribution in [0.5, 0.6) is 5.75 Å². The van der Waals surface area contributed by atoms with Crippen molar-refractivity contribution >= 4 is 23.2 Å². The molecule has 0 radical (unpaired) electrons. The fourth-order valence-corrected chi connectivity index (χ4v) is 4.16. The molecule has 0 saturated carbocycles. The predicted molar refractivity (Wildman–Crippen MR) is 130 cm³/mol. The Balaban J connectivity index is 1.26. The molecule has 7 nitrogen and oxygen atoms in total. The molecule has 0 N–H and O–H groups in total. The number of hydrogen-bond donors (Lipinski definition) is 0. The molecule has 0 aliphatic carbocycles. The highest BCUT2D eigenvalue weighted by molar-refractivity contribution is 6.30. The first-order chi connectivity index (χ1) is 16.6. The molecule has 1 saturated heterocycles. The third-order valence-corrected chi connectivity index (χ3v) is 5.93. The smallest absolute Gasteiger partial charge is 0.266 e. The van der Waals surface area contributed by atoms with Gasteiger partial charge in [-0.25, -0.2) is 0 Å². The van der Waals surface area contributed by atoms with Crippen LogP contribution in [0.3, 0.4) is 0 Å². The summed E-state index contributed by atoms with van der Waals surface area (Å²) in [6, 6.07) is 21.4. The van der Waals surface area contributed by atoms with Crippen LogP contribution in [0.15, 0.2) is 69.5 Å². The number of benzene rings is 2. The van der Waals surface area contributed by atoms with E-state index in [1.807, 2.05) is 66.4 Å². The number of halogens is 1. The number of hydrogen-bond acceptors (Lipinski definition) is 7. The van der Waals surface area contributed by atoms with Gasteiger partial charge in [0.15, 0.2) is 5.76 Å². The van der Waals surface area contributed by atoms with Gasteiger partial charge in [0.05, 0.1) is 0 Å². The minimum absolute atomic E-state index is 0.250. The van der Waals surface area contributed by atoms with Gasteiger partial charge in [-0.05, 0) is 55.0 Å². The quantitative estimate of drug-likeness (QED) is 0.356. The maximum Gasteiger partial charge on any atom is 0.266 e. The standard InChI is InChI=1S/C26H23ClN4O3/c1-18-4-2-7-21(14-18)32-17-22-8-9-24(33-22)25-29-23(16-28)26(34-25)31-12-10-30(11-13-31)20-6-3-5-19(27)15-20/h2-9,14-15H,10-13,17H2,1H3. The first-order valence-electron chi connectivity index (χ1n) is 11.0. The van der Waals surface area contributed by atoms with Gasteiger partial charge in [0.2, 0.25) is 11.6 Å². The van der Waals surface area contributed by atoms with E-state index in [2.05, 4.69) is 16.0 Å². The second-order valence-corrected chi connectivity index (χ2v) is 8.55. The second-order valence-electron chi connectivity index (χ2n) is 8.11. The number of oxazole rings is 1. The molecule has 3 heterocycles. The van der Waals surface area contributed by atoms with Gasteiger partial charge >= 0.3 is 0 Å². The molecule has 1 aliphatic rings. The van der Waals surface area contributed by atoms with Crippen LogP contribution >= 0.6 is 11.6 Å². The van der Waals surface area contributed by atoms with Gasteiger partial charge in [0, 0.05) is 36.9 Å². The lowest BCUT2D eigenvalue weighted by molar-refractivity contribution is 0.271. The Hall–Kier alpha value is -3.89. The molecule has 4 aromatic rings. The molecule has 0 bridgehead atoms. The predicted octanol–water partition coefficient (Wildman–Crippen LogP) is 5.67. The van der Waals surface area contributed by atoms with Gasteiger partial charge in [-0.15, -0.1) is 0 Å². The molecule has 0 spiro atoms. The van der Waals surface area contributed by atoms with Crippen molar-refractivity contribution in [3.05, 3.63) is 82.7 Å². The number of anilines is 2. The SMILES string of the molecule is Cc1cccc(OCc2ccc(-c3nc(C#N)c(N4CCN(c5cccc(Cl)c5)CC4)o3)o2)c1. The molecular weight excluding hydrogens is 452 g/mol. The van der Waals surface area contributed by atoms with E-state index in [0.29, 0.717) is 35.5 Å². The fraction of sp³-hybridized carbons (Fsp3) is 0.231. The summed E-state index contributed by atoms with van der Waals surface area (Å²) in [5, 5.41) is 10.3. The van der Waals surface area contributed by atoms with Gasteiger partial charge in [-0.1, -0.05) is 29.8 Å². The maximum atomic E-state index is 9.63. The van der Waals surface area contributed by atoms with E-state index in [0.717, 1.165) is 30.1 Å². The Kier molecular flexibility index (Phi) is 6.15. The lowest BCUT2D eigenvalue weighted by Gasteiger charge is -2.35. The minimum atomic E-state index is 0.250. The summed E-state index contributed by atoms with van der Waals surface area (Å²) >= 11 is 6.13. The molecule has 0 atom stereocenters. The van der Waals surface area contributed by atoms with Gasteiger partial charge < -0.3 is 23.4 Å². The van der Waals surface area contributed by atoms with E-state index >= 15 is 0 Å². The van der Waals surface area contributed by atoms with Crippen LogP contribution < -0.4 is 14.5 Å². The Labute approximate surface area is 202 Å². The van der Waals surface area contributed by atoms with E-state index < -0.39 is 0 Å². The topological polar surface area (TPSA) is 78.7 Å². The van der Waals surface area contributed by atoms with Gasteiger partial charge in [0.1, 0.15) is 24.2 Å². The van der Waals surface area contributed by atoms with Crippen molar-refractivity contribution in [2.24, 2.45) is 0 Å². The van der Waals surface area contributed by atoms with Crippen LogP contribution in [0, 0.1) is 18.3 Å². The Morgan fingerprint density at radius 3 is 2.56 bits per heavy atom. The number of ether oxygens (including phenoxy) is 1. The van der Waals surface area contributed by atoms with Crippen molar-refractivity contribution in [3.8, 4) is 23.5 Å². The van der Waals surface area contributed by atoms with Gasteiger partial charge in [-0.2, -0.15) is 10.2 Å². The summed E-state index contributed by atoms with van der Waals surface area (Å²) in [6.07, 6.45) is 0. The molecule has 172 valence electrons. The normalized spacial score (nSPS) is 13.7. The summed E-state index contributed by atoms with van der Waals surface area (Å²) in [7, 11) is 0. The van der Waals surface area contributed by atoms with Crippen molar-refractivity contribution in [2.75, 3.05) is 36.0 Å². The molecule has 1 aliphatic heterocycles. The Bertz CT molecular complexity index is 1330. The highest BCUT2D eigenvalue weighted by Gasteiger charge is 2.25. The summed E-state index contributed by atoms with van der Waals surface area (Å²) in [5.74, 6) is 2.64. The van der Waals surface area contributed by atoms with Crippen molar-refractivity contribution in [1.29, 1.82) is 5.26 Å². The first kappa shape index (κ1) is 21.9. The van der Waals surface area contributed by atoms with Crippen LogP contribution in [0.1, 0.15) is 17.0 Å². The van der Waals surface area contributed by atoms with Crippen LogP contribution in [-0.4, -0.2) is 31.2 Å². The van der Waals surface area contributed by atoms with Crippen molar-refractivity contribution in [2.45, 2.75) is 13.5 Å². The molecule has 2 aromatic carbocycles. The van der Waals surface area contributed by atoms with E-state index in [9.17, 15) is 5.26 Å². The molecular formula is C26H23ClN4O3. The van der Waals surface area contributed by atoms with Gasteiger partial charge in [0.25, 0.3) is 5.89 Å². The number of aromatic nitrogens is 1. The number of aryl methyl sites for hydroxylation is 1. The summed E-state index contributed by atoms with van der Waals surface area (Å²) in [6.45, 7) is 5.26. The maximum absolute atomic E-state index is 9.63. The molecule has 8 heteroatoms. The zero-order valence-corrected chi connectivity index (χ0v) is 19.5. The number of nitriles is 1. The van der Waals surface area contributed by atoms with Crippen molar-refractivity contribution < 1.29 is 13.6 Å². The second kappa shape index (κ2) is 9.54. The number of furan rings is 1. The van der Waals surface area contributed by atoms with E-state index in [1.165, 1.54) is 0 Å². The monoisotopic (exact) mass is 474 g/mol. The molecule has 5 rings (SSSR count). The number of rotatable bonds is 6. The van der Waals surface area contributed by atoms with Crippen LogP contribution in [0.4, 0.5) is 11.6 Å². The molecule has 0 unspecified atom stereocenters. The zero-order valence-electron chi connectivity index (χ0n) is 18.7. The largest absolute Gasteiger partial charge is 0.486 e. The van der Waals surface area contributed by atoms with E-state index in [-0.39, 0.29) is 18.2 Å². The molecule has 34 heavy (non-hydrogen) atoms. The third kappa shape index (κ3) is 4.73. The van der Waals surface area contributed by atoms with Gasteiger partial charge in [-0.3, -0.25) is 0 Å². The lowest BCUT2D eigenvalue weighted by atomic mass is 10.2. The van der Waals surface area contributed by atoms with Crippen LogP contribution in [0.2, 0.25) is 5.02 Å². The first-order valence-corrected chi connectivity index (χ1v) is 11.4. The summed E-state index contributed by atoms with van der Waals surface area (Å²) in [5.41, 5.74) is 2.46. The van der Waals surface area contributed by atoms with Crippen LogP contribution in [0.25, 0.3) is 11.7 Å².